The number of likely N-dealkylation sites (N-methyl/N-ethyl adjacent to an activating group) is 1. The Hall–Kier alpha value is -3.50. The fourth-order valence-corrected chi connectivity index (χ4v) is 6.38. The molecule has 0 spiro atoms. The first-order valence-electron chi connectivity index (χ1n) is 15.5. The molecule has 0 bridgehead atoms. The lowest BCUT2D eigenvalue weighted by Gasteiger charge is -2.75. The van der Waals surface area contributed by atoms with Crippen molar-refractivity contribution in [2.75, 3.05) is 35.8 Å². The molecule has 4 aromatic rings. The van der Waals surface area contributed by atoms with E-state index in [0.717, 1.165) is 21.4 Å². The number of rotatable bonds is 7. The Balaban J connectivity index is 1.36. The highest BCUT2D eigenvalue weighted by Gasteiger charge is 2.58. The van der Waals surface area contributed by atoms with Gasteiger partial charge in [0.2, 0.25) is 0 Å². The van der Waals surface area contributed by atoms with Crippen LogP contribution in [0.2, 0.25) is 0 Å². The summed E-state index contributed by atoms with van der Waals surface area (Å²) in [6, 6.07) is 13.3. The predicted octanol–water partition coefficient (Wildman–Crippen LogP) is 0.990. The van der Waals surface area contributed by atoms with Gasteiger partial charge < -0.3 is 25.2 Å². The molecule has 2 fully saturated rings. The van der Waals surface area contributed by atoms with Gasteiger partial charge in [0.05, 0.1) is 73.9 Å². The average Bonchev–Trinajstić information content (AvgIpc) is 3.41. The molecule has 0 saturated carbocycles. The van der Waals surface area contributed by atoms with Crippen LogP contribution in [-0.4, -0.2) is 131 Å². The lowest BCUT2D eigenvalue weighted by atomic mass is 9.26. The number of fused-ring (bicyclic) bond motifs is 1. The maximum Gasteiger partial charge on any atom is 0.258 e. The maximum absolute atomic E-state index is 13.9. The first-order chi connectivity index (χ1) is 22.9. The lowest BCUT2D eigenvalue weighted by Crippen LogP contribution is -2.91. The third-order valence-electron chi connectivity index (χ3n) is 9.41. The summed E-state index contributed by atoms with van der Waals surface area (Å²) in [6.45, 7) is 1.05. The van der Waals surface area contributed by atoms with Gasteiger partial charge in [0.25, 0.3) is 5.91 Å². The first-order valence-corrected chi connectivity index (χ1v) is 15.5. The van der Waals surface area contributed by atoms with Crippen molar-refractivity contribution in [2.24, 2.45) is 0 Å². The summed E-state index contributed by atoms with van der Waals surface area (Å²) < 4.78 is 33.1. The monoisotopic (exact) mass is 640 g/mol. The summed E-state index contributed by atoms with van der Waals surface area (Å²) in [4.78, 5) is 16.2. The molecule has 1 aromatic heterocycles. The summed E-state index contributed by atoms with van der Waals surface area (Å²) in [6.07, 6.45) is 1.59. The van der Waals surface area contributed by atoms with Gasteiger partial charge in [-0.15, -0.1) is 0 Å². The van der Waals surface area contributed by atoms with Crippen molar-refractivity contribution in [1.82, 2.24) is 15.1 Å². The standard InChI is InChI=1S/C31H26B8F2N6O2/c1-46-28(32,33)30(36,37)47(31(38,39)29(46,34)35)21-3-4-22(25(15-21)42-20-6-8-49-9-7-20)27(48)43-26-23-13-16(2-5-24(23)44-45-26)10-17-11-18(40)14-19(41)12-17/h2-5,11-15,20,42H,6-10H2,1H3,(H2,43,44,45,48). The topological polar surface area (TPSA) is 85.5 Å². The zero-order valence-corrected chi connectivity index (χ0v) is 26.8. The van der Waals surface area contributed by atoms with Gasteiger partial charge in [-0.3, -0.25) is 9.89 Å². The number of hydrogen-bond acceptors (Lipinski definition) is 6. The fraction of sp³-hybridized carbons (Fsp3) is 0.355. The highest BCUT2D eigenvalue weighted by molar-refractivity contribution is 6.62. The van der Waals surface area contributed by atoms with E-state index in [1.165, 1.54) is 31.3 Å². The van der Waals surface area contributed by atoms with Crippen molar-refractivity contribution in [1.29, 1.82) is 0 Å². The van der Waals surface area contributed by atoms with Crippen molar-refractivity contribution in [3.63, 3.8) is 0 Å². The van der Waals surface area contributed by atoms with E-state index in [1.54, 1.807) is 24.3 Å². The third kappa shape index (κ3) is 6.24. The van der Waals surface area contributed by atoms with Crippen LogP contribution in [-0.2, 0) is 11.2 Å². The van der Waals surface area contributed by atoms with Crippen LogP contribution in [0.25, 0.3) is 10.9 Å². The smallest absolute Gasteiger partial charge is 0.258 e. The predicted molar refractivity (Wildman–Crippen MR) is 194 cm³/mol. The van der Waals surface area contributed by atoms with E-state index >= 15 is 0 Å². The SMILES string of the molecule is [B]C1([B])N(C)C([B])([B])C([B])([B])N(c2ccc(C(=O)Nc3n[nH]c4ccc(Cc5cc(F)cc(F)c5)cc34)c(NC3CCOCC3)c2)C1([B])[B]. The number of H-pyrrole nitrogens is 1. The van der Waals surface area contributed by atoms with E-state index in [1.807, 2.05) is 0 Å². The fourth-order valence-electron chi connectivity index (χ4n) is 6.38. The number of piperazine rings is 1. The minimum atomic E-state index is -2.13. The van der Waals surface area contributed by atoms with Gasteiger partial charge in [0.15, 0.2) is 5.82 Å². The number of carbonyl (C=O) groups excluding carboxylic acids is 1. The maximum atomic E-state index is 13.9. The Morgan fingerprint density at radius 1 is 0.878 bits per heavy atom. The van der Waals surface area contributed by atoms with Crippen molar-refractivity contribution in [3.05, 3.63) is 82.9 Å². The van der Waals surface area contributed by atoms with Crippen LogP contribution in [0.5, 0.6) is 0 Å². The molecule has 16 radical (unpaired) electrons. The Morgan fingerprint density at radius 3 is 2.14 bits per heavy atom. The number of hydrogen-bond donors (Lipinski definition) is 3. The highest BCUT2D eigenvalue weighted by Crippen LogP contribution is 2.45. The van der Waals surface area contributed by atoms with Crippen molar-refractivity contribution >= 4 is 96.8 Å². The summed E-state index contributed by atoms with van der Waals surface area (Å²) >= 11 is 0. The summed E-state index contributed by atoms with van der Waals surface area (Å²) in [5, 5.41) is 5.75. The van der Waals surface area contributed by atoms with Crippen molar-refractivity contribution < 1.29 is 18.3 Å². The number of halogens is 2. The molecule has 0 unspecified atom stereocenters. The molecule has 2 aliphatic heterocycles. The molecule has 2 aliphatic rings. The normalized spacial score (nSPS) is 20.2. The van der Waals surface area contributed by atoms with Crippen LogP contribution in [0.15, 0.2) is 54.6 Å². The molecule has 18 heteroatoms. The Bertz CT molecular complexity index is 1850. The van der Waals surface area contributed by atoms with Crippen LogP contribution in [0.1, 0.15) is 34.3 Å². The number of carbonyl (C=O) groups is 1. The number of aromatic amines is 1. The number of nitrogens with one attached hydrogen (secondary N) is 3. The van der Waals surface area contributed by atoms with E-state index < -0.39 is 38.9 Å². The molecule has 1 amide bonds. The zero-order chi connectivity index (χ0) is 35.5. The van der Waals surface area contributed by atoms with Crippen molar-refractivity contribution in [3.8, 4) is 0 Å². The van der Waals surface area contributed by atoms with Gasteiger partial charge in [-0.1, -0.05) is 6.07 Å². The van der Waals surface area contributed by atoms with E-state index in [9.17, 15) is 13.6 Å². The molecule has 3 N–H and O–H groups in total. The molecule has 2 saturated heterocycles. The zero-order valence-electron chi connectivity index (χ0n) is 26.8. The molecule has 49 heavy (non-hydrogen) atoms. The number of aromatic nitrogens is 2. The van der Waals surface area contributed by atoms with Gasteiger partial charge >= 0.3 is 0 Å². The largest absolute Gasteiger partial charge is 0.394 e. The van der Waals surface area contributed by atoms with E-state index in [0.29, 0.717) is 48.2 Å². The van der Waals surface area contributed by atoms with Gasteiger partial charge in [0, 0.05) is 42.1 Å². The van der Waals surface area contributed by atoms with Gasteiger partial charge in [0.1, 0.15) is 11.6 Å². The molecular formula is C31H26B8F2N6O2. The number of benzene rings is 3. The molecular weight excluding hydrogens is 613 g/mol. The van der Waals surface area contributed by atoms with Crippen molar-refractivity contribution in [2.45, 2.75) is 46.7 Å². The van der Waals surface area contributed by atoms with Gasteiger partial charge in [-0.05, 0) is 101 Å². The van der Waals surface area contributed by atoms with Crippen LogP contribution in [0.4, 0.5) is 26.0 Å². The molecule has 230 valence electrons. The van der Waals surface area contributed by atoms with Crippen LogP contribution in [0, 0.1) is 11.6 Å². The average molecular weight is 639 g/mol. The number of nitrogens with zero attached hydrogens (tertiary/aromatic N) is 3. The summed E-state index contributed by atoms with van der Waals surface area (Å²) in [5.41, 5.74) is 2.66. The first kappa shape index (κ1) is 35.3. The summed E-state index contributed by atoms with van der Waals surface area (Å²) in [5.74, 6) is -1.60. The minimum Gasteiger partial charge on any atom is -0.394 e. The van der Waals surface area contributed by atoms with Gasteiger partial charge in [-0.25, -0.2) is 8.78 Å². The molecule has 8 nitrogen and oxygen atoms in total. The molecule has 3 heterocycles. The lowest BCUT2D eigenvalue weighted by molar-refractivity contribution is 0.0904. The second kappa shape index (κ2) is 12.7. The Labute approximate surface area is 294 Å². The summed E-state index contributed by atoms with van der Waals surface area (Å²) in [7, 11) is 53.1. The quantitative estimate of drug-likeness (QED) is 0.262. The van der Waals surface area contributed by atoms with Gasteiger partial charge in [-0.2, -0.15) is 5.10 Å². The molecule has 3 aromatic carbocycles. The van der Waals surface area contributed by atoms with E-state index in [-0.39, 0.29) is 29.5 Å². The molecule has 6 rings (SSSR count). The Morgan fingerprint density at radius 2 is 1.51 bits per heavy atom. The molecule has 0 atom stereocenters. The number of ether oxygens (including phenoxy) is 1. The van der Waals surface area contributed by atoms with Crippen LogP contribution < -0.4 is 15.5 Å². The second-order valence-corrected chi connectivity index (χ2v) is 12.8. The Kier molecular flexibility index (Phi) is 9.14. The highest BCUT2D eigenvalue weighted by atomic mass is 19.1. The number of amides is 1. The minimum absolute atomic E-state index is 0.0586. The number of anilines is 3. The van der Waals surface area contributed by atoms with E-state index in [4.69, 9.17) is 67.5 Å². The van der Waals surface area contributed by atoms with Crippen LogP contribution >= 0.6 is 0 Å². The second-order valence-electron chi connectivity index (χ2n) is 12.8. The van der Waals surface area contributed by atoms with E-state index in [2.05, 4.69) is 20.8 Å². The van der Waals surface area contributed by atoms with Crippen LogP contribution in [0.3, 0.4) is 0 Å². The molecule has 0 aliphatic carbocycles. The third-order valence-corrected chi connectivity index (χ3v) is 9.41.